The average Bonchev–Trinajstić information content (AvgIpc) is 2.70. The molecule has 1 rings (SSSR count). The van der Waals surface area contributed by atoms with Gasteiger partial charge in [0, 0.05) is 20.0 Å². The predicted molar refractivity (Wildman–Crippen MR) is 70.7 cm³/mol. The fourth-order valence-electron chi connectivity index (χ4n) is 1.92. The molecule has 1 aromatic rings. The highest BCUT2D eigenvalue weighted by Gasteiger charge is 2.31. The van der Waals surface area contributed by atoms with Gasteiger partial charge in [-0.25, -0.2) is 0 Å². The number of aryl methyl sites for hydroxylation is 1. The minimum Gasteiger partial charge on any atom is -0.481 e. The number of furan rings is 1. The van der Waals surface area contributed by atoms with Crippen molar-refractivity contribution in [2.45, 2.75) is 27.2 Å². The molecule has 1 heterocycles. The zero-order valence-corrected chi connectivity index (χ0v) is 11.8. The molecule has 0 saturated carbocycles. The summed E-state index contributed by atoms with van der Waals surface area (Å²) < 4.78 is 5.41. The smallest absolute Gasteiger partial charge is 0.316 e. The van der Waals surface area contributed by atoms with Crippen LogP contribution < -0.4 is 0 Å². The van der Waals surface area contributed by atoms with Crippen molar-refractivity contribution in [1.82, 2.24) is 4.90 Å². The quantitative estimate of drug-likeness (QED) is 0.800. The zero-order valence-electron chi connectivity index (χ0n) is 11.8. The molecular formula is C14H21NO4. The highest BCUT2D eigenvalue weighted by molar-refractivity contribution is 5.97. The lowest BCUT2D eigenvalue weighted by atomic mass is 9.94. The minimum absolute atomic E-state index is 0.224. The van der Waals surface area contributed by atoms with Crippen LogP contribution in [0.5, 0.6) is 0 Å². The molecule has 1 amide bonds. The number of hydrogen-bond acceptors (Lipinski definition) is 3. The number of likely N-dealkylation sites (N-methyl/N-ethyl adjacent to an activating group) is 1. The number of aliphatic carboxylic acids is 1. The van der Waals surface area contributed by atoms with Crippen molar-refractivity contribution in [3.05, 3.63) is 23.7 Å². The van der Waals surface area contributed by atoms with E-state index in [0.29, 0.717) is 13.0 Å². The number of carbonyl (C=O) groups is 2. The topological polar surface area (TPSA) is 70.8 Å². The Morgan fingerprint density at radius 1 is 1.37 bits per heavy atom. The van der Waals surface area contributed by atoms with Gasteiger partial charge in [-0.05, 0) is 25.0 Å². The van der Waals surface area contributed by atoms with Gasteiger partial charge in [-0.2, -0.15) is 0 Å². The van der Waals surface area contributed by atoms with E-state index in [4.69, 9.17) is 9.52 Å². The van der Waals surface area contributed by atoms with E-state index in [1.807, 2.05) is 19.1 Å². The van der Waals surface area contributed by atoms with Crippen molar-refractivity contribution in [2.24, 2.45) is 11.8 Å². The Kier molecular flexibility index (Phi) is 5.15. The molecule has 5 nitrogen and oxygen atoms in total. The van der Waals surface area contributed by atoms with Crippen LogP contribution in [0.1, 0.15) is 25.4 Å². The first-order chi connectivity index (χ1) is 8.82. The third kappa shape index (κ3) is 4.12. The molecule has 0 spiro atoms. The molecule has 1 unspecified atom stereocenters. The number of amides is 1. The van der Waals surface area contributed by atoms with Gasteiger partial charge in [-0.15, -0.1) is 0 Å². The molecule has 5 heteroatoms. The maximum Gasteiger partial charge on any atom is 0.316 e. The van der Waals surface area contributed by atoms with Crippen LogP contribution in [-0.2, 0) is 16.0 Å². The van der Waals surface area contributed by atoms with Gasteiger partial charge in [0.2, 0.25) is 5.91 Å². The van der Waals surface area contributed by atoms with Crippen LogP contribution in [-0.4, -0.2) is 35.5 Å². The molecular weight excluding hydrogens is 246 g/mol. The maximum atomic E-state index is 12.1. The molecule has 1 atom stereocenters. The zero-order chi connectivity index (χ0) is 14.6. The van der Waals surface area contributed by atoms with Crippen LogP contribution in [0.15, 0.2) is 16.5 Å². The maximum absolute atomic E-state index is 12.1. The summed E-state index contributed by atoms with van der Waals surface area (Å²) in [5.74, 6) is -1.00. The Morgan fingerprint density at radius 2 is 2.00 bits per heavy atom. The molecule has 1 aromatic heterocycles. The molecule has 0 radical (unpaired) electrons. The van der Waals surface area contributed by atoms with Crippen LogP contribution in [0.4, 0.5) is 0 Å². The van der Waals surface area contributed by atoms with Crippen molar-refractivity contribution in [3.63, 3.8) is 0 Å². The summed E-state index contributed by atoms with van der Waals surface area (Å²) in [4.78, 5) is 24.6. The largest absolute Gasteiger partial charge is 0.481 e. The number of carbonyl (C=O) groups excluding carboxylic acids is 1. The Labute approximate surface area is 113 Å². The van der Waals surface area contributed by atoms with Gasteiger partial charge >= 0.3 is 5.97 Å². The second kappa shape index (κ2) is 6.41. The number of hydrogen-bond donors (Lipinski definition) is 1. The van der Waals surface area contributed by atoms with Crippen molar-refractivity contribution >= 4 is 11.9 Å². The van der Waals surface area contributed by atoms with E-state index in [2.05, 4.69) is 0 Å². The highest BCUT2D eigenvalue weighted by Crippen LogP contribution is 2.15. The van der Waals surface area contributed by atoms with E-state index in [1.54, 1.807) is 20.9 Å². The van der Waals surface area contributed by atoms with Crippen LogP contribution in [0.25, 0.3) is 0 Å². The summed E-state index contributed by atoms with van der Waals surface area (Å²) in [5.41, 5.74) is 0. The van der Waals surface area contributed by atoms with Crippen molar-refractivity contribution < 1.29 is 19.1 Å². The van der Waals surface area contributed by atoms with Crippen LogP contribution >= 0.6 is 0 Å². The molecule has 0 aliphatic heterocycles. The third-order valence-corrected chi connectivity index (χ3v) is 3.06. The SMILES string of the molecule is Cc1ccc(CCN(C)C(=O)C(C(=O)O)C(C)C)o1. The Hall–Kier alpha value is -1.78. The Morgan fingerprint density at radius 3 is 2.42 bits per heavy atom. The first-order valence-electron chi connectivity index (χ1n) is 6.36. The fraction of sp³-hybridized carbons (Fsp3) is 0.571. The van der Waals surface area contributed by atoms with Gasteiger partial charge in [0.25, 0.3) is 0 Å². The summed E-state index contributed by atoms with van der Waals surface area (Å²) in [6, 6.07) is 3.73. The fourth-order valence-corrected chi connectivity index (χ4v) is 1.92. The summed E-state index contributed by atoms with van der Waals surface area (Å²) >= 11 is 0. The van der Waals surface area contributed by atoms with Gasteiger partial charge in [0.1, 0.15) is 17.4 Å². The molecule has 0 aliphatic rings. The molecule has 0 aliphatic carbocycles. The lowest BCUT2D eigenvalue weighted by Gasteiger charge is -2.23. The number of rotatable bonds is 6. The predicted octanol–water partition coefficient (Wildman–Crippen LogP) is 1.95. The van der Waals surface area contributed by atoms with E-state index in [0.717, 1.165) is 11.5 Å². The van der Waals surface area contributed by atoms with E-state index in [-0.39, 0.29) is 11.8 Å². The van der Waals surface area contributed by atoms with E-state index >= 15 is 0 Å². The average molecular weight is 267 g/mol. The number of carboxylic acids is 1. The van der Waals surface area contributed by atoms with E-state index < -0.39 is 11.9 Å². The molecule has 0 bridgehead atoms. The summed E-state index contributed by atoms with van der Waals surface area (Å²) in [6.45, 7) is 5.78. The van der Waals surface area contributed by atoms with Crippen molar-refractivity contribution in [3.8, 4) is 0 Å². The molecule has 0 saturated heterocycles. The standard InChI is InChI=1S/C14H21NO4/c1-9(2)12(14(17)18)13(16)15(4)8-7-11-6-5-10(3)19-11/h5-6,9,12H,7-8H2,1-4H3,(H,17,18). The van der Waals surface area contributed by atoms with E-state index in [9.17, 15) is 9.59 Å². The molecule has 0 aromatic carbocycles. The van der Waals surface area contributed by atoms with Gasteiger partial charge in [0.15, 0.2) is 0 Å². The second-order valence-electron chi connectivity index (χ2n) is 5.08. The van der Waals surface area contributed by atoms with Gasteiger partial charge in [-0.1, -0.05) is 13.8 Å². The second-order valence-corrected chi connectivity index (χ2v) is 5.08. The monoisotopic (exact) mass is 267 g/mol. The van der Waals surface area contributed by atoms with Crippen LogP contribution in [0.2, 0.25) is 0 Å². The first-order valence-corrected chi connectivity index (χ1v) is 6.36. The Balaban J connectivity index is 2.59. The molecule has 19 heavy (non-hydrogen) atoms. The third-order valence-electron chi connectivity index (χ3n) is 3.06. The van der Waals surface area contributed by atoms with Crippen molar-refractivity contribution in [2.75, 3.05) is 13.6 Å². The lowest BCUT2D eigenvalue weighted by Crippen LogP contribution is -2.40. The van der Waals surface area contributed by atoms with Gasteiger partial charge in [0.05, 0.1) is 0 Å². The van der Waals surface area contributed by atoms with Crippen LogP contribution in [0, 0.1) is 18.8 Å². The number of carboxylic acid groups (broad SMARTS) is 1. The molecule has 1 N–H and O–H groups in total. The van der Waals surface area contributed by atoms with Gasteiger partial charge in [-0.3, -0.25) is 9.59 Å². The van der Waals surface area contributed by atoms with E-state index in [1.165, 1.54) is 4.90 Å². The first kappa shape index (κ1) is 15.3. The molecule has 106 valence electrons. The highest BCUT2D eigenvalue weighted by atomic mass is 16.4. The molecule has 0 fully saturated rings. The Bertz CT molecular complexity index is 450. The summed E-state index contributed by atoms with van der Waals surface area (Å²) in [6.07, 6.45) is 0.584. The normalized spacial score (nSPS) is 12.5. The summed E-state index contributed by atoms with van der Waals surface area (Å²) in [7, 11) is 1.62. The lowest BCUT2D eigenvalue weighted by molar-refractivity contribution is -0.152. The van der Waals surface area contributed by atoms with Crippen LogP contribution in [0.3, 0.4) is 0 Å². The minimum atomic E-state index is -1.07. The van der Waals surface area contributed by atoms with Gasteiger partial charge < -0.3 is 14.4 Å². The van der Waals surface area contributed by atoms with Crippen molar-refractivity contribution in [1.29, 1.82) is 0 Å². The number of nitrogens with zero attached hydrogens (tertiary/aromatic N) is 1. The summed E-state index contributed by atoms with van der Waals surface area (Å²) in [5, 5.41) is 9.09.